The van der Waals surface area contributed by atoms with E-state index >= 15 is 0 Å². The zero-order valence-electron chi connectivity index (χ0n) is 25.4. The Labute approximate surface area is 271 Å². The molecule has 5 aromatic rings. The number of hydrogen-bond donors (Lipinski definition) is 1. The molecule has 230 valence electrons. The molecule has 0 spiro atoms. The zero-order chi connectivity index (χ0) is 31.8. The first-order valence-electron chi connectivity index (χ1n) is 14.3. The first-order valence-corrected chi connectivity index (χ1v) is 15.1. The van der Waals surface area contributed by atoms with E-state index in [9.17, 15) is 4.79 Å². The summed E-state index contributed by atoms with van der Waals surface area (Å²) in [6.07, 6.45) is 3.90. The van der Waals surface area contributed by atoms with Gasteiger partial charge in [-0.25, -0.2) is 5.43 Å². The van der Waals surface area contributed by atoms with Crippen LogP contribution in [0, 0.1) is 13.8 Å². The van der Waals surface area contributed by atoms with E-state index in [-0.39, 0.29) is 12.4 Å². The molecule has 0 aliphatic heterocycles. The van der Waals surface area contributed by atoms with Crippen LogP contribution in [0.3, 0.4) is 0 Å². The lowest BCUT2D eigenvalue weighted by molar-refractivity contribution is 0.0923. The highest BCUT2D eigenvalue weighted by Gasteiger charge is 2.14. The van der Waals surface area contributed by atoms with Crippen molar-refractivity contribution in [1.29, 1.82) is 0 Å². The van der Waals surface area contributed by atoms with Gasteiger partial charge in [0.2, 0.25) is 0 Å². The first kappa shape index (κ1) is 31.4. The Morgan fingerprint density at radius 1 is 0.956 bits per heavy atom. The van der Waals surface area contributed by atoms with E-state index < -0.39 is 5.91 Å². The maximum absolute atomic E-state index is 12.7. The van der Waals surface area contributed by atoms with Gasteiger partial charge in [0.25, 0.3) is 0 Å². The van der Waals surface area contributed by atoms with Crippen LogP contribution in [0.2, 0.25) is 0 Å². The fourth-order valence-corrected chi connectivity index (χ4v) is 5.10. The summed E-state index contributed by atoms with van der Waals surface area (Å²) in [6, 6.07) is 27.0. The maximum Gasteiger partial charge on any atom is 0.307 e. The fourth-order valence-electron chi connectivity index (χ4n) is 4.84. The number of halogens is 1. The number of furan rings is 1. The number of benzene rings is 3. The molecule has 0 aliphatic carbocycles. The molecule has 5 rings (SSSR count). The van der Waals surface area contributed by atoms with Crippen LogP contribution in [0.1, 0.15) is 44.4 Å². The monoisotopic (exact) mass is 667 g/mol. The number of rotatable bonds is 13. The molecule has 2 aromatic heterocycles. The Morgan fingerprint density at radius 3 is 2.38 bits per heavy atom. The highest BCUT2D eigenvalue weighted by atomic mass is 79.9. The van der Waals surface area contributed by atoms with E-state index in [1.807, 2.05) is 54.6 Å². The number of ether oxygens (including phenoxy) is 3. The topological polar surface area (TPSA) is 87.2 Å². The molecule has 0 saturated carbocycles. The van der Waals surface area contributed by atoms with Gasteiger partial charge in [0.15, 0.2) is 17.3 Å². The average Bonchev–Trinajstić information content (AvgIpc) is 3.66. The molecule has 0 atom stereocenters. The van der Waals surface area contributed by atoms with E-state index in [4.69, 9.17) is 18.6 Å². The zero-order valence-corrected chi connectivity index (χ0v) is 27.0. The standard InChI is InChI=1S/C36H34BrN3O5/c1-5-6-28-19-27(20-34(42-4)35(28)44-22-26-9-11-29(37)12-10-26)21-38-39-36(41)33-18-17-32(45-33)23-43-31-15-13-30(14-16-31)40-24(2)7-8-25(40)3/h5,7-21H,1,6,22-23H2,2-4H3,(H,39,41)/b38-21+. The summed E-state index contributed by atoms with van der Waals surface area (Å²) in [5.41, 5.74) is 8.55. The molecule has 0 fully saturated rings. The summed E-state index contributed by atoms with van der Waals surface area (Å²) in [7, 11) is 1.58. The number of hydrogen-bond acceptors (Lipinski definition) is 6. The van der Waals surface area contributed by atoms with Gasteiger partial charge in [-0.05, 0) is 104 Å². The van der Waals surface area contributed by atoms with Crippen LogP contribution in [-0.2, 0) is 19.6 Å². The smallest absolute Gasteiger partial charge is 0.307 e. The second-order valence-corrected chi connectivity index (χ2v) is 11.2. The van der Waals surface area contributed by atoms with Crippen molar-refractivity contribution in [1.82, 2.24) is 9.99 Å². The summed E-state index contributed by atoms with van der Waals surface area (Å²) < 4.78 is 26.5. The molecule has 0 unspecified atom stereocenters. The van der Waals surface area contributed by atoms with Crippen LogP contribution in [0.5, 0.6) is 17.2 Å². The molecule has 0 radical (unpaired) electrons. The molecular weight excluding hydrogens is 634 g/mol. The minimum absolute atomic E-state index is 0.126. The average molecular weight is 669 g/mol. The van der Waals surface area contributed by atoms with E-state index in [1.165, 1.54) is 11.4 Å². The molecule has 8 nitrogen and oxygen atoms in total. The van der Waals surface area contributed by atoms with Crippen molar-refractivity contribution in [2.24, 2.45) is 5.10 Å². The molecule has 1 amide bonds. The lowest BCUT2D eigenvalue weighted by Crippen LogP contribution is -2.16. The van der Waals surface area contributed by atoms with Crippen molar-refractivity contribution in [3.05, 3.63) is 142 Å². The van der Waals surface area contributed by atoms with Crippen molar-refractivity contribution >= 4 is 28.1 Å². The van der Waals surface area contributed by atoms with E-state index in [0.717, 1.165) is 26.9 Å². The van der Waals surface area contributed by atoms with Crippen LogP contribution < -0.4 is 19.6 Å². The van der Waals surface area contributed by atoms with Crippen LogP contribution in [-0.4, -0.2) is 23.8 Å². The lowest BCUT2D eigenvalue weighted by Gasteiger charge is -2.16. The highest BCUT2D eigenvalue weighted by Crippen LogP contribution is 2.34. The van der Waals surface area contributed by atoms with Gasteiger partial charge in [-0.2, -0.15) is 5.10 Å². The van der Waals surface area contributed by atoms with Gasteiger partial charge in [0.05, 0.1) is 13.3 Å². The molecule has 1 N–H and O–H groups in total. The largest absolute Gasteiger partial charge is 0.493 e. The van der Waals surface area contributed by atoms with Gasteiger partial charge in [0.1, 0.15) is 24.7 Å². The SMILES string of the molecule is C=CCc1cc(/C=N/NC(=O)c2ccc(COc3ccc(-n4c(C)ccc4C)cc3)o2)cc(OC)c1OCc1ccc(Br)cc1. The quantitative estimate of drug-likeness (QED) is 0.0779. The number of hydrazone groups is 1. The van der Waals surface area contributed by atoms with Crippen molar-refractivity contribution in [2.75, 3.05) is 7.11 Å². The predicted molar refractivity (Wildman–Crippen MR) is 179 cm³/mol. The minimum atomic E-state index is -0.480. The molecule has 3 aromatic carbocycles. The normalized spacial score (nSPS) is 11.0. The Morgan fingerprint density at radius 2 is 1.69 bits per heavy atom. The summed E-state index contributed by atoms with van der Waals surface area (Å²) in [4.78, 5) is 12.7. The van der Waals surface area contributed by atoms with Gasteiger partial charge >= 0.3 is 5.91 Å². The summed E-state index contributed by atoms with van der Waals surface area (Å²) >= 11 is 3.45. The molecule has 0 bridgehead atoms. The summed E-state index contributed by atoms with van der Waals surface area (Å²) in [6.45, 7) is 8.58. The number of nitrogens with one attached hydrogen (secondary N) is 1. The Balaban J connectivity index is 1.18. The molecule has 2 heterocycles. The predicted octanol–water partition coefficient (Wildman–Crippen LogP) is 8.11. The van der Waals surface area contributed by atoms with E-state index in [1.54, 1.807) is 37.6 Å². The van der Waals surface area contributed by atoms with Gasteiger partial charge in [-0.1, -0.05) is 34.1 Å². The first-order chi connectivity index (χ1) is 21.8. The number of aromatic nitrogens is 1. The van der Waals surface area contributed by atoms with Crippen LogP contribution in [0.25, 0.3) is 5.69 Å². The van der Waals surface area contributed by atoms with Gasteiger partial charge < -0.3 is 23.2 Å². The van der Waals surface area contributed by atoms with Crippen LogP contribution in [0.4, 0.5) is 0 Å². The second kappa shape index (κ2) is 14.6. The summed E-state index contributed by atoms with van der Waals surface area (Å²) in [5.74, 6) is 2.05. The molecular formula is C36H34BrN3O5. The Bertz CT molecular complexity index is 1780. The third-order valence-corrected chi connectivity index (χ3v) is 7.58. The van der Waals surface area contributed by atoms with Gasteiger partial charge in [0, 0.05) is 27.1 Å². The van der Waals surface area contributed by atoms with Crippen LogP contribution in [0.15, 0.2) is 112 Å². The number of amides is 1. The minimum Gasteiger partial charge on any atom is -0.493 e. The highest BCUT2D eigenvalue weighted by molar-refractivity contribution is 9.10. The fraction of sp³-hybridized carbons (Fsp3) is 0.167. The van der Waals surface area contributed by atoms with Crippen molar-refractivity contribution in [2.45, 2.75) is 33.5 Å². The number of carbonyl (C=O) groups is 1. The third-order valence-electron chi connectivity index (χ3n) is 7.05. The van der Waals surface area contributed by atoms with E-state index in [0.29, 0.717) is 36.0 Å². The van der Waals surface area contributed by atoms with Crippen molar-refractivity contribution in [3.63, 3.8) is 0 Å². The molecule has 0 saturated heterocycles. The number of methoxy groups -OCH3 is 1. The number of carbonyl (C=O) groups excluding carboxylic acids is 1. The van der Waals surface area contributed by atoms with Crippen molar-refractivity contribution < 1.29 is 23.4 Å². The number of nitrogens with zero attached hydrogens (tertiary/aromatic N) is 2. The maximum atomic E-state index is 12.7. The summed E-state index contributed by atoms with van der Waals surface area (Å²) in [5, 5.41) is 4.13. The third kappa shape index (κ3) is 7.93. The number of allylic oxidation sites excluding steroid dienone is 1. The Hall–Kier alpha value is -5.02. The molecule has 9 heteroatoms. The molecule has 45 heavy (non-hydrogen) atoms. The molecule has 0 aliphatic rings. The van der Waals surface area contributed by atoms with Gasteiger partial charge in [-0.15, -0.1) is 6.58 Å². The Kier molecular flexibility index (Phi) is 10.2. The lowest BCUT2D eigenvalue weighted by atomic mass is 10.1. The van der Waals surface area contributed by atoms with Gasteiger partial charge in [-0.3, -0.25) is 4.79 Å². The van der Waals surface area contributed by atoms with E-state index in [2.05, 4.69) is 63.6 Å². The number of aryl methyl sites for hydroxylation is 2. The van der Waals surface area contributed by atoms with Crippen molar-refractivity contribution in [3.8, 4) is 22.9 Å². The second-order valence-electron chi connectivity index (χ2n) is 10.3. The van der Waals surface area contributed by atoms with Crippen LogP contribution >= 0.6 is 15.9 Å².